The molecule has 6 heteroatoms. The van der Waals surface area contributed by atoms with Gasteiger partial charge < -0.3 is 15.5 Å². The van der Waals surface area contributed by atoms with Crippen LogP contribution >= 0.6 is 0 Å². The zero-order valence-electron chi connectivity index (χ0n) is 8.71. The summed E-state index contributed by atoms with van der Waals surface area (Å²) in [6, 6.07) is 6.74. The molecular formula is C11H9N3O3. The van der Waals surface area contributed by atoms with Crippen molar-refractivity contribution in [3.63, 3.8) is 0 Å². The Hall–Kier alpha value is -2.63. The number of nitrogens with one attached hydrogen (secondary N) is 1. The van der Waals surface area contributed by atoms with Gasteiger partial charge in [0.15, 0.2) is 12.2 Å². The maximum absolute atomic E-state index is 11.0. The monoisotopic (exact) mass is 231 g/mol. The lowest BCUT2D eigenvalue weighted by molar-refractivity contribution is -0.134. The molecule has 17 heavy (non-hydrogen) atoms. The molecule has 0 atom stereocenters. The van der Waals surface area contributed by atoms with Crippen LogP contribution in [0.3, 0.4) is 0 Å². The Balaban J connectivity index is 2.14. The molecule has 0 aliphatic heterocycles. The number of rotatable bonds is 2. The van der Waals surface area contributed by atoms with Crippen LogP contribution in [0.5, 0.6) is 0 Å². The summed E-state index contributed by atoms with van der Waals surface area (Å²) < 4.78 is 5.11. The Morgan fingerprint density at radius 1 is 1.24 bits per heavy atom. The molecule has 6 nitrogen and oxygen atoms in total. The number of hydrogen-bond acceptors (Lipinski definition) is 4. The van der Waals surface area contributed by atoms with Crippen molar-refractivity contribution < 1.29 is 14.0 Å². The summed E-state index contributed by atoms with van der Waals surface area (Å²) in [5, 5.41) is 2.35. The molecule has 3 N–H and O–H groups in total. The van der Waals surface area contributed by atoms with E-state index in [2.05, 4.69) is 10.3 Å². The normalized spacial score (nSPS) is 9.88. The zero-order chi connectivity index (χ0) is 12.3. The van der Waals surface area contributed by atoms with Gasteiger partial charge in [0, 0.05) is 11.3 Å². The average molecular weight is 231 g/mol. The Bertz CT molecular complexity index is 532. The van der Waals surface area contributed by atoms with Gasteiger partial charge in [-0.05, 0) is 24.3 Å². The molecule has 1 heterocycles. The van der Waals surface area contributed by atoms with Gasteiger partial charge in [-0.2, -0.15) is 0 Å². The summed E-state index contributed by atoms with van der Waals surface area (Å²) in [5.41, 5.74) is 6.12. The highest BCUT2D eigenvalue weighted by Crippen LogP contribution is 2.20. The summed E-state index contributed by atoms with van der Waals surface area (Å²) in [4.78, 5) is 25.4. The highest BCUT2D eigenvalue weighted by Gasteiger charge is 2.08. The maximum atomic E-state index is 11.0. The summed E-state index contributed by atoms with van der Waals surface area (Å²) >= 11 is 0. The molecule has 0 bridgehead atoms. The van der Waals surface area contributed by atoms with E-state index in [0.717, 1.165) is 5.56 Å². The number of amides is 2. The zero-order valence-corrected chi connectivity index (χ0v) is 8.71. The summed E-state index contributed by atoms with van der Waals surface area (Å²) in [6.45, 7) is 0. The van der Waals surface area contributed by atoms with Crippen molar-refractivity contribution >= 4 is 17.5 Å². The first-order valence-corrected chi connectivity index (χ1v) is 4.76. The van der Waals surface area contributed by atoms with E-state index >= 15 is 0 Å². The van der Waals surface area contributed by atoms with Crippen LogP contribution in [0, 0.1) is 0 Å². The van der Waals surface area contributed by atoms with Gasteiger partial charge in [-0.3, -0.25) is 9.59 Å². The number of primary amides is 1. The first-order chi connectivity index (χ1) is 8.16. The average Bonchev–Trinajstić information content (AvgIpc) is 2.83. The fourth-order valence-corrected chi connectivity index (χ4v) is 1.27. The van der Waals surface area contributed by atoms with E-state index in [0.29, 0.717) is 11.4 Å². The molecule has 0 radical (unpaired) electrons. The lowest BCUT2D eigenvalue weighted by Gasteiger charge is -2.02. The first-order valence-electron chi connectivity index (χ1n) is 4.76. The SMILES string of the molecule is NC(=O)C(=O)Nc1ccc(-c2cnco2)cc1. The van der Waals surface area contributed by atoms with Gasteiger partial charge in [0.25, 0.3) is 0 Å². The summed E-state index contributed by atoms with van der Waals surface area (Å²) in [5.74, 6) is -1.25. The van der Waals surface area contributed by atoms with Gasteiger partial charge >= 0.3 is 11.8 Å². The smallest absolute Gasteiger partial charge is 0.313 e. The van der Waals surface area contributed by atoms with Crippen molar-refractivity contribution in [3.8, 4) is 11.3 Å². The quantitative estimate of drug-likeness (QED) is 0.745. The number of hydrogen-bond donors (Lipinski definition) is 2. The second kappa shape index (κ2) is 4.48. The van der Waals surface area contributed by atoms with Gasteiger partial charge in [0.1, 0.15) is 0 Å². The lowest BCUT2D eigenvalue weighted by atomic mass is 10.2. The molecule has 0 unspecified atom stereocenters. The highest BCUT2D eigenvalue weighted by atomic mass is 16.3. The van der Waals surface area contributed by atoms with Crippen LogP contribution in [0.4, 0.5) is 5.69 Å². The maximum Gasteiger partial charge on any atom is 0.313 e. The minimum atomic E-state index is -1.02. The van der Waals surface area contributed by atoms with Crippen LogP contribution in [-0.4, -0.2) is 16.8 Å². The molecule has 0 saturated carbocycles. The van der Waals surface area contributed by atoms with Crippen LogP contribution in [-0.2, 0) is 9.59 Å². The van der Waals surface area contributed by atoms with Crippen molar-refractivity contribution in [3.05, 3.63) is 36.9 Å². The molecule has 2 aromatic rings. The minimum Gasteiger partial charge on any atom is -0.444 e. The topological polar surface area (TPSA) is 98.2 Å². The third-order valence-corrected chi connectivity index (χ3v) is 2.08. The number of nitrogens with zero attached hydrogens (tertiary/aromatic N) is 1. The Morgan fingerprint density at radius 3 is 2.47 bits per heavy atom. The molecule has 86 valence electrons. The number of carbonyl (C=O) groups excluding carboxylic acids is 2. The first kappa shape index (κ1) is 10.9. The molecule has 0 fully saturated rings. The van der Waals surface area contributed by atoms with Crippen molar-refractivity contribution in [2.24, 2.45) is 5.73 Å². The molecule has 0 aliphatic rings. The van der Waals surface area contributed by atoms with Gasteiger partial charge in [-0.1, -0.05) is 0 Å². The highest BCUT2D eigenvalue weighted by molar-refractivity contribution is 6.39. The Labute approximate surface area is 96.4 Å². The van der Waals surface area contributed by atoms with Gasteiger partial charge in [0.05, 0.1) is 6.20 Å². The largest absolute Gasteiger partial charge is 0.444 e. The molecule has 0 spiro atoms. The van der Waals surface area contributed by atoms with Crippen molar-refractivity contribution in [2.45, 2.75) is 0 Å². The summed E-state index contributed by atoms with van der Waals surface area (Å²) in [6.07, 6.45) is 2.91. The number of carbonyl (C=O) groups is 2. The van der Waals surface area contributed by atoms with E-state index < -0.39 is 11.8 Å². The number of nitrogens with two attached hydrogens (primary N) is 1. The fourth-order valence-electron chi connectivity index (χ4n) is 1.27. The molecular weight excluding hydrogens is 222 g/mol. The Morgan fingerprint density at radius 2 is 1.94 bits per heavy atom. The third-order valence-electron chi connectivity index (χ3n) is 2.08. The predicted octanol–water partition coefficient (Wildman–Crippen LogP) is 0.765. The molecule has 1 aromatic carbocycles. The van der Waals surface area contributed by atoms with E-state index in [1.54, 1.807) is 30.5 Å². The lowest BCUT2D eigenvalue weighted by Crippen LogP contribution is -2.29. The van der Waals surface area contributed by atoms with Crippen molar-refractivity contribution in [2.75, 3.05) is 5.32 Å². The van der Waals surface area contributed by atoms with E-state index in [1.165, 1.54) is 6.39 Å². The van der Waals surface area contributed by atoms with Gasteiger partial charge in [-0.25, -0.2) is 4.98 Å². The molecule has 2 amide bonds. The Kier molecular flexibility index (Phi) is 2.87. The second-order valence-electron chi connectivity index (χ2n) is 3.26. The molecule has 2 rings (SSSR count). The van der Waals surface area contributed by atoms with E-state index in [-0.39, 0.29) is 0 Å². The standard InChI is InChI=1S/C11H9N3O3/c12-10(15)11(16)14-8-3-1-7(2-4-8)9-5-13-6-17-9/h1-6H,(H2,12,15)(H,14,16). The number of aromatic nitrogens is 1. The van der Waals surface area contributed by atoms with Crippen LogP contribution < -0.4 is 11.1 Å². The third kappa shape index (κ3) is 2.49. The second-order valence-corrected chi connectivity index (χ2v) is 3.26. The van der Waals surface area contributed by atoms with Crippen molar-refractivity contribution in [1.82, 2.24) is 4.98 Å². The molecule has 0 aliphatic carbocycles. The molecule has 0 saturated heterocycles. The van der Waals surface area contributed by atoms with E-state index in [4.69, 9.17) is 10.2 Å². The van der Waals surface area contributed by atoms with Gasteiger partial charge in [-0.15, -0.1) is 0 Å². The van der Waals surface area contributed by atoms with E-state index in [1.807, 2.05) is 0 Å². The van der Waals surface area contributed by atoms with Crippen LogP contribution in [0.1, 0.15) is 0 Å². The fraction of sp³-hybridized carbons (Fsp3) is 0. The van der Waals surface area contributed by atoms with Crippen LogP contribution in [0.15, 0.2) is 41.3 Å². The molecule has 1 aromatic heterocycles. The van der Waals surface area contributed by atoms with Gasteiger partial charge in [0.2, 0.25) is 0 Å². The number of anilines is 1. The van der Waals surface area contributed by atoms with Crippen LogP contribution in [0.25, 0.3) is 11.3 Å². The number of oxazole rings is 1. The van der Waals surface area contributed by atoms with Crippen molar-refractivity contribution in [1.29, 1.82) is 0 Å². The summed E-state index contributed by atoms with van der Waals surface area (Å²) in [7, 11) is 0. The van der Waals surface area contributed by atoms with Crippen LogP contribution in [0.2, 0.25) is 0 Å². The minimum absolute atomic E-state index is 0.483. The van der Waals surface area contributed by atoms with E-state index in [9.17, 15) is 9.59 Å². The number of benzene rings is 1. The predicted molar refractivity (Wildman–Crippen MR) is 59.8 cm³/mol.